The lowest BCUT2D eigenvalue weighted by Crippen LogP contribution is -2.21. The Balaban J connectivity index is 2.56. The van der Waals surface area contributed by atoms with Crippen LogP contribution in [0, 0.1) is 12.7 Å². The first-order valence-corrected chi connectivity index (χ1v) is 5.17. The minimum Gasteiger partial charge on any atom is -0.299 e. The van der Waals surface area contributed by atoms with Gasteiger partial charge in [0, 0.05) is 12.6 Å². The molecule has 90 valence electrons. The number of anilines is 1. The molecule has 0 spiro atoms. The standard InChI is InChI=1S/C11H11F2N3O/c1-3-10(17)16(13)11-7(2)15-6-8(12)4-5-9(15)14-11/h4-6H,3H2,1-2H3. The van der Waals surface area contributed by atoms with Crippen molar-refractivity contribution in [3.63, 3.8) is 0 Å². The van der Waals surface area contributed by atoms with E-state index in [9.17, 15) is 13.7 Å². The number of amides is 1. The number of nitrogens with zero attached hydrogens (tertiary/aromatic N) is 3. The van der Waals surface area contributed by atoms with Gasteiger partial charge in [-0.2, -0.15) is 0 Å². The number of aromatic nitrogens is 2. The molecule has 0 fully saturated rings. The maximum atomic E-state index is 13.6. The maximum Gasteiger partial charge on any atom is 0.256 e. The average molecular weight is 239 g/mol. The third kappa shape index (κ3) is 1.86. The molecule has 0 aliphatic heterocycles. The number of carbonyl (C=O) groups excluding carboxylic acids is 1. The van der Waals surface area contributed by atoms with E-state index in [4.69, 9.17) is 0 Å². The number of imidazole rings is 1. The summed E-state index contributed by atoms with van der Waals surface area (Å²) in [4.78, 5) is 15.2. The molecule has 2 heterocycles. The molecule has 0 aliphatic carbocycles. The molecule has 1 amide bonds. The van der Waals surface area contributed by atoms with Crippen molar-refractivity contribution in [2.45, 2.75) is 20.3 Å². The zero-order valence-corrected chi connectivity index (χ0v) is 9.44. The number of hydrogen-bond acceptors (Lipinski definition) is 2. The molecule has 0 aromatic carbocycles. The van der Waals surface area contributed by atoms with Gasteiger partial charge < -0.3 is 0 Å². The SMILES string of the molecule is CCC(=O)N(F)c1nc2ccc(F)cn2c1C. The van der Waals surface area contributed by atoms with Crippen molar-refractivity contribution in [3.05, 3.63) is 29.8 Å². The van der Waals surface area contributed by atoms with Crippen molar-refractivity contribution in [1.82, 2.24) is 9.38 Å². The van der Waals surface area contributed by atoms with Crippen LogP contribution in [0.15, 0.2) is 18.3 Å². The van der Waals surface area contributed by atoms with Crippen LogP contribution in [0.4, 0.5) is 14.7 Å². The van der Waals surface area contributed by atoms with E-state index >= 15 is 0 Å². The maximum absolute atomic E-state index is 13.6. The molecule has 4 nitrogen and oxygen atoms in total. The first kappa shape index (κ1) is 11.5. The van der Waals surface area contributed by atoms with Crippen LogP contribution in [0.1, 0.15) is 19.0 Å². The minimum atomic E-state index is -0.683. The summed E-state index contributed by atoms with van der Waals surface area (Å²) >= 11 is 0. The molecule has 0 saturated carbocycles. The van der Waals surface area contributed by atoms with Crippen LogP contribution in [0.25, 0.3) is 5.65 Å². The van der Waals surface area contributed by atoms with Gasteiger partial charge in [0.15, 0.2) is 5.82 Å². The minimum absolute atomic E-state index is 0.000236. The second-order valence-electron chi connectivity index (χ2n) is 3.62. The Morgan fingerprint density at radius 3 is 2.88 bits per heavy atom. The highest BCUT2D eigenvalue weighted by Crippen LogP contribution is 2.22. The molecule has 2 aromatic heterocycles. The molecule has 2 aromatic rings. The fourth-order valence-electron chi connectivity index (χ4n) is 1.57. The van der Waals surface area contributed by atoms with Gasteiger partial charge >= 0.3 is 0 Å². The van der Waals surface area contributed by atoms with Crippen molar-refractivity contribution in [2.24, 2.45) is 0 Å². The molecule has 2 rings (SSSR count). The van der Waals surface area contributed by atoms with E-state index in [1.54, 1.807) is 13.8 Å². The van der Waals surface area contributed by atoms with E-state index in [0.29, 0.717) is 11.3 Å². The Morgan fingerprint density at radius 1 is 1.53 bits per heavy atom. The lowest BCUT2D eigenvalue weighted by molar-refractivity contribution is -0.121. The summed E-state index contributed by atoms with van der Waals surface area (Å²) in [6, 6.07) is 2.66. The van der Waals surface area contributed by atoms with Gasteiger partial charge in [-0.05, 0) is 19.1 Å². The first-order valence-electron chi connectivity index (χ1n) is 5.17. The van der Waals surface area contributed by atoms with Crippen LogP contribution >= 0.6 is 0 Å². The Morgan fingerprint density at radius 2 is 2.24 bits per heavy atom. The van der Waals surface area contributed by atoms with Gasteiger partial charge in [0.2, 0.25) is 0 Å². The van der Waals surface area contributed by atoms with E-state index in [2.05, 4.69) is 4.98 Å². The lowest BCUT2D eigenvalue weighted by Gasteiger charge is -2.07. The summed E-state index contributed by atoms with van der Waals surface area (Å²) in [5, 5.41) is 0.000236. The monoisotopic (exact) mass is 239 g/mol. The van der Waals surface area contributed by atoms with Crippen LogP contribution in [0.3, 0.4) is 0 Å². The zero-order chi connectivity index (χ0) is 12.6. The molecule has 0 unspecified atom stereocenters. The van der Waals surface area contributed by atoms with Crippen molar-refractivity contribution in [2.75, 3.05) is 5.12 Å². The van der Waals surface area contributed by atoms with E-state index in [1.807, 2.05) is 0 Å². The van der Waals surface area contributed by atoms with E-state index < -0.39 is 11.7 Å². The van der Waals surface area contributed by atoms with Gasteiger partial charge in [-0.25, -0.2) is 9.37 Å². The van der Waals surface area contributed by atoms with Gasteiger partial charge in [0.25, 0.3) is 5.91 Å². The van der Waals surface area contributed by atoms with Crippen LogP contribution in [0.5, 0.6) is 0 Å². The third-order valence-corrected chi connectivity index (χ3v) is 2.50. The Kier molecular flexibility index (Phi) is 2.79. The van der Waals surface area contributed by atoms with E-state index in [1.165, 1.54) is 22.7 Å². The fourth-order valence-corrected chi connectivity index (χ4v) is 1.57. The van der Waals surface area contributed by atoms with Gasteiger partial charge in [-0.15, -0.1) is 5.12 Å². The molecule has 0 radical (unpaired) electrons. The van der Waals surface area contributed by atoms with E-state index in [0.717, 1.165) is 0 Å². The Hall–Kier alpha value is -1.98. The number of halogens is 2. The molecule has 0 atom stereocenters. The van der Waals surface area contributed by atoms with Crippen LogP contribution in [-0.2, 0) is 4.79 Å². The van der Waals surface area contributed by atoms with E-state index in [-0.39, 0.29) is 17.4 Å². The molecular formula is C11H11F2N3O. The second kappa shape index (κ2) is 4.12. The quantitative estimate of drug-likeness (QED) is 0.755. The zero-order valence-electron chi connectivity index (χ0n) is 9.44. The van der Waals surface area contributed by atoms with Crippen molar-refractivity contribution in [1.29, 1.82) is 0 Å². The summed E-state index contributed by atoms with van der Waals surface area (Å²) in [6.07, 6.45) is 1.24. The number of pyridine rings is 1. The molecule has 17 heavy (non-hydrogen) atoms. The lowest BCUT2D eigenvalue weighted by atomic mass is 10.4. The highest BCUT2D eigenvalue weighted by molar-refractivity contribution is 5.90. The number of aryl methyl sites for hydroxylation is 1. The fraction of sp³-hybridized carbons (Fsp3) is 0.273. The highest BCUT2D eigenvalue weighted by Gasteiger charge is 2.20. The summed E-state index contributed by atoms with van der Waals surface area (Å²) < 4.78 is 28.1. The van der Waals surface area contributed by atoms with Crippen LogP contribution in [-0.4, -0.2) is 15.3 Å². The predicted octanol–water partition coefficient (Wildman–Crippen LogP) is 2.41. The van der Waals surface area contributed by atoms with Gasteiger partial charge in [-0.1, -0.05) is 11.4 Å². The van der Waals surface area contributed by atoms with Gasteiger partial charge in [0.05, 0.1) is 5.69 Å². The summed E-state index contributed by atoms with van der Waals surface area (Å²) in [5.41, 5.74) is 0.772. The molecule has 0 saturated heterocycles. The molecule has 0 aliphatic rings. The summed E-state index contributed by atoms with van der Waals surface area (Å²) in [7, 11) is 0. The van der Waals surface area contributed by atoms with Gasteiger partial charge in [-0.3, -0.25) is 9.20 Å². The molecule has 0 bridgehead atoms. The topological polar surface area (TPSA) is 37.6 Å². The Labute approximate surface area is 96.4 Å². The van der Waals surface area contributed by atoms with Crippen molar-refractivity contribution < 1.29 is 13.7 Å². The van der Waals surface area contributed by atoms with Crippen LogP contribution < -0.4 is 5.12 Å². The smallest absolute Gasteiger partial charge is 0.256 e. The summed E-state index contributed by atoms with van der Waals surface area (Å²) in [6.45, 7) is 3.13. The first-order chi connectivity index (χ1) is 8.04. The van der Waals surface area contributed by atoms with Gasteiger partial charge in [0.1, 0.15) is 11.5 Å². The average Bonchev–Trinajstić information content (AvgIpc) is 2.65. The molecular weight excluding hydrogens is 228 g/mol. The highest BCUT2D eigenvalue weighted by atomic mass is 19.2. The second-order valence-corrected chi connectivity index (χ2v) is 3.62. The summed E-state index contributed by atoms with van der Waals surface area (Å²) in [5.74, 6) is -1.23. The van der Waals surface area contributed by atoms with Crippen molar-refractivity contribution in [3.8, 4) is 0 Å². The molecule has 6 heteroatoms. The largest absolute Gasteiger partial charge is 0.299 e. The molecule has 0 N–H and O–H groups in total. The Bertz CT molecular complexity index is 579. The van der Waals surface area contributed by atoms with Crippen molar-refractivity contribution >= 4 is 17.4 Å². The number of fused-ring (bicyclic) bond motifs is 1. The number of hydrogen-bond donors (Lipinski definition) is 0. The third-order valence-electron chi connectivity index (χ3n) is 2.50. The predicted molar refractivity (Wildman–Crippen MR) is 58.8 cm³/mol. The number of rotatable bonds is 2. The normalized spacial score (nSPS) is 10.8. The number of carbonyl (C=O) groups is 1. The van der Waals surface area contributed by atoms with Crippen LogP contribution in [0.2, 0.25) is 0 Å².